The predicted octanol–water partition coefficient (Wildman–Crippen LogP) is 0.111. The average Bonchev–Trinajstić information content (AvgIpc) is 2.59. The number of nitrogens with one attached hydrogen (secondary N) is 1. The van der Waals surface area contributed by atoms with Crippen molar-refractivity contribution in [3.8, 4) is 0 Å². The summed E-state index contributed by atoms with van der Waals surface area (Å²) in [5.41, 5.74) is 0.0845. The second kappa shape index (κ2) is 1.97. The SMILES string of the molecule is C1COC(C23CC(CO2)C3)N1. The minimum atomic E-state index is 0.0845. The molecule has 2 bridgehead atoms. The van der Waals surface area contributed by atoms with E-state index in [0.29, 0.717) is 0 Å². The lowest BCUT2D eigenvalue weighted by molar-refractivity contribution is -0.114. The number of hydrogen-bond donors (Lipinski definition) is 1. The van der Waals surface area contributed by atoms with Gasteiger partial charge in [-0.05, 0) is 18.8 Å². The Morgan fingerprint density at radius 3 is 2.82 bits per heavy atom. The van der Waals surface area contributed by atoms with E-state index < -0.39 is 0 Å². The van der Waals surface area contributed by atoms with Crippen LogP contribution in [0.2, 0.25) is 0 Å². The van der Waals surface area contributed by atoms with Crippen LogP contribution in [0.5, 0.6) is 0 Å². The quantitative estimate of drug-likeness (QED) is 0.583. The van der Waals surface area contributed by atoms with Crippen molar-refractivity contribution >= 4 is 0 Å². The van der Waals surface area contributed by atoms with Crippen LogP contribution < -0.4 is 5.32 Å². The molecule has 1 aliphatic carbocycles. The van der Waals surface area contributed by atoms with Gasteiger partial charge in [0.2, 0.25) is 0 Å². The van der Waals surface area contributed by atoms with Crippen molar-refractivity contribution in [1.82, 2.24) is 5.32 Å². The number of rotatable bonds is 1. The highest BCUT2D eigenvalue weighted by Gasteiger charge is 2.57. The summed E-state index contributed by atoms with van der Waals surface area (Å²) in [7, 11) is 0. The Balaban J connectivity index is 1.77. The summed E-state index contributed by atoms with van der Waals surface area (Å²) >= 11 is 0. The van der Waals surface area contributed by atoms with Crippen LogP contribution in [0.15, 0.2) is 0 Å². The fourth-order valence-corrected chi connectivity index (χ4v) is 2.49. The topological polar surface area (TPSA) is 30.5 Å². The third-order valence-electron chi connectivity index (χ3n) is 3.07. The smallest absolute Gasteiger partial charge is 0.137 e. The van der Waals surface area contributed by atoms with Crippen molar-refractivity contribution in [3.63, 3.8) is 0 Å². The van der Waals surface area contributed by atoms with Crippen molar-refractivity contribution in [2.24, 2.45) is 5.92 Å². The third-order valence-corrected chi connectivity index (χ3v) is 3.07. The Morgan fingerprint density at radius 2 is 2.27 bits per heavy atom. The zero-order valence-corrected chi connectivity index (χ0v) is 6.51. The molecular formula is C8H13NO2. The molecule has 3 heteroatoms. The van der Waals surface area contributed by atoms with Crippen LogP contribution in [0.1, 0.15) is 12.8 Å². The molecule has 11 heavy (non-hydrogen) atoms. The Kier molecular flexibility index (Phi) is 1.15. The molecule has 3 heterocycles. The van der Waals surface area contributed by atoms with Gasteiger partial charge >= 0.3 is 0 Å². The van der Waals surface area contributed by atoms with Gasteiger partial charge in [-0.25, -0.2) is 0 Å². The molecule has 3 aliphatic heterocycles. The first-order valence-electron chi connectivity index (χ1n) is 4.38. The first-order chi connectivity index (χ1) is 5.39. The molecule has 0 radical (unpaired) electrons. The first kappa shape index (κ1) is 6.40. The van der Waals surface area contributed by atoms with Gasteiger partial charge in [-0.15, -0.1) is 0 Å². The molecule has 0 spiro atoms. The number of ether oxygens (including phenoxy) is 2. The zero-order valence-electron chi connectivity index (χ0n) is 6.51. The lowest BCUT2D eigenvalue weighted by atomic mass is 9.73. The normalized spacial score (nSPS) is 54.5. The monoisotopic (exact) mass is 155 g/mol. The van der Waals surface area contributed by atoms with Gasteiger partial charge in [-0.1, -0.05) is 0 Å². The molecule has 62 valence electrons. The van der Waals surface area contributed by atoms with Gasteiger partial charge in [0.1, 0.15) is 11.8 Å². The van der Waals surface area contributed by atoms with E-state index in [4.69, 9.17) is 9.47 Å². The summed E-state index contributed by atoms with van der Waals surface area (Å²) in [5.74, 6) is 0.834. The maximum absolute atomic E-state index is 5.71. The van der Waals surface area contributed by atoms with Gasteiger partial charge in [-0.3, -0.25) is 5.32 Å². The summed E-state index contributed by atoms with van der Waals surface area (Å²) in [4.78, 5) is 0. The molecule has 1 saturated carbocycles. The highest BCUT2D eigenvalue weighted by molar-refractivity contribution is 5.06. The molecule has 4 aliphatic rings. The summed E-state index contributed by atoms with van der Waals surface area (Å²) in [6.45, 7) is 2.79. The number of fused-ring (bicyclic) bond motifs is 1. The maximum Gasteiger partial charge on any atom is 0.137 e. The molecule has 4 fully saturated rings. The van der Waals surface area contributed by atoms with Crippen LogP contribution in [0, 0.1) is 5.92 Å². The fourth-order valence-electron chi connectivity index (χ4n) is 2.49. The Bertz CT molecular complexity index is 165. The summed E-state index contributed by atoms with van der Waals surface area (Å²) < 4.78 is 11.3. The number of hydrogen-bond acceptors (Lipinski definition) is 3. The van der Waals surface area contributed by atoms with E-state index in [2.05, 4.69) is 5.32 Å². The molecule has 4 rings (SSSR count). The van der Waals surface area contributed by atoms with Crippen molar-refractivity contribution in [2.75, 3.05) is 19.8 Å². The van der Waals surface area contributed by atoms with Crippen LogP contribution in [0.3, 0.4) is 0 Å². The summed E-state index contributed by atoms with van der Waals surface area (Å²) in [6, 6.07) is 0. The second-order valence-electron chi connectivity index (χ2n) is 3.86. The Hall–Kier alpha value is -0.120. The second-order valence-corrected chi connectivity index (χ2v) is 3.86. The van der Waals surface area contributed by atoms with Crippen molar-refractivity contribution in [2.45, 2.75) is 24.7 Å². The third kappa shape index (κ3) is 0.736. The van der Waals surface area contributed by atoms with E-state index in [-0.39, 0.29) is 11.8 Å². The maximum atomic E-state index is 5.71. The van der Waals surface area contributed by atoms with E-state index in [1.165, 1.54) is 12.8 Å². The van der Waals surface area contributed by atoms with Crippen molar-refractivity contribution in [3.05, 3.63) is 0 Å². The molecule has 1 unspecified atom stereocenters. The van der Waals surface area contributed by atoms with E-state index in [9.17, 15) is 0 Å². The highest BCUT2D eigenvalue weighted by Crippen LogP contribution is 2.50. The van der Waals surface area contributed by atoms with E-state index >= 15 is 0 Å². The Labute approximate surface area is 66.1 Å². The van der Waals surface area contributed by atoms with Crippen LogP contribution >= 0.6 is 0 Å². The molecule has 3 nitrogen and oxygen atoms in total. The fraction of sp³-hybridized carbons (Fsp3) is 1.00. The molecule has 0 amide bonds. The molecule has 3 saturated heterocycles. The van der Waals surface area contributed by atoms with E-state index in [1.54, 1.807) is 0 Å². The van der Waals surface area contributed by atoms with Gasteiger partial charge in [0.25, 0.3) is 0 Å². The summed E-state index contributed by atoms with van der Waals surface area (Å²) in [5, 5.41) is 3.33. The van der Waals surface area contributed by atoms with Crippen LogP contribution in [-0.4, -0.2) is 31.6 Å². The molecule has 1 N–H and O–H groups in total. The highest BCUT2D eigenvalue weighted by atomic mass is 16.6. The largest absolute Gasteiger partial charge is 0.371 e. The average molecular weight is 155 g/mol. The molecule has 0 aromatic heterocycles. The lowest BCUT2D eigenvalue weighted by Gasteiger charge is -2.39. The van der Waals surface area contributed by atoms with Crippen LogP contribution in [-0.2, 0) is 9.47 Å². The molecule has 1 atom stereocenters. The van der Waals surface area contributed by atoms with Gasteiger partial charge in [0.15, 0.2) is 0 Å². The van der Waals surface area contributed by atoms with Crippen molar-refractivity contribution in [1.29, 1.82) is 0 Å². The predicted molar refractivity (Wildman–Crippen MR) is 39.1 cm³/mol. The minimum Gasteiger partial charge on any atom is -0.371 e. The molecule has 0 aromatic carbocycles. The van der Waals surface area contributed by atoms with E-state index in [1.807, 2.05) is 0 Å². The standard InChI is InChI=1S/C8H13NO2/c1-2-10-7(9-1)8-3-6(4-8)5-11-8/h6-7,9H,1-5H2. The van der Waals surface area contributed by atoms with Gasteiger partial charge in [0, 0.05) is 6.54 Å². The van der Waals surface area contributed by atoms with Gasteiger partial charge in [0.05, 0.1) is 13.2 Å². The summed E-state index contributed by atoms with van der Waals surface area (Å²) in [6.07, 6.45) is 2.62. The van der Waals surface area contributed by atoms with Gasteiger partial charge < -0.3 is 9.47 Å². The Morgan fingerprint density at radius 1 is 1.36 bits per heavy atom. The van der Waals surface area contributed by atoms with E-state index in [0.717, 1.165) is 25.7 Å². The zero-order chi connectivity index (χ0) is 7.31. The van der Waals surface area contributed by atoms with Crippen LogP contribution in [0.25, 0.3) is 0 Å². The van der Waals surface area contributed by atoms with Crippen molar-refractivity contribution < 1.29 is 9.47 Å². The first-order valence-corrected chi connectivity index (χ1v) is 4.38. The molecule has 0 aromatic rings. The van der Waals surface area contributed by atoms with Gasteiger partial charge in [-0.2, -0.15) is 0 Å². The minimum absolute atomic E-state index is 0.0845. The van der Waals surface area contributed by atoms with Crippen LogP contribution in [0.4, 0.5) is 0 Å². The molecular weight excluding hydrogens is 142 g/mol. The lowest BCUT2D eigenvalue weighted by Crippen LogP contribution is -2.52.